The molecule has 0 fully saturated rings. The molecule has 0 unspecified atom stereocenters. The third-order valence-corrected chi connectivity index (χ3v) is 5.54. The van der Waals surface area contributed by atoms with Gasteiger partial charge in [-0.1, -0.05) is 91.9 Å². The number of hydrogen-bond acceptors (Lipinski definition) is 0. The highest BCUT2D eigenvalue weighted by Gasteiger charge is 2.32. The van der Waals surface area contributed by atoms with E-state index in [0.717, 1.165) is 0 Å². The molecule has 3 aromatic rings. The number of fused-ring (bicyclic) bond motifs is 1. The van der Waals surface area contributed by atoms with Crippen LogP contribution < -0.4 is 0 Å². The molecule has 1 aliphatic carbocycles. The van der Waals surface area contributed by atoms with Crippen molar-refractivity contribution in [2.24, 2.45) is 0 Å². The maximum Gasteiger partial charge on any atom is 0.00979 e. The van der Waals surface area contributed by atoms with Crippen molar-refractivity contribution in [3.63, 3.8) is 0 Å². The van der Waals surface area contributed by atoms with E-state index in [1.54, 1.807) is 5.56 Å². The van der Waals surface area contributed by atoms with Crippen LogP contribution in [-0.2, 0) is 0 Å². The SMILES string of the molecule is C[C@H](C[C@@H]1C[C@@H](c2ccccc2)c2ccccc21)c1ccccc1. The molecule has 4 rings (SSSR count). The van der Waals surface area contributed by atoms with Crippen molar-refractivity contribution in [3.8, 4) is 0 Å². The minimum Gasteiger partial charge on any atom is -0.0622 e. The summed E-state index contributed by atoms with van der Waals surface area (Å²) in [5.41, 5.74) is 6.01. The van der Waals surface area contributed by atoms with Crippen molar-refractivity contribution in [2.75, 3.05) is 0 Å². The highest BCUT2D eigenvalue weighted by molar-refractivity contribution is 5.45. The zero-order valence-electron chi connectivity index (χ0n) is 14.2. The fraction of sp³-hybridized carbons (Fsp3) is 0.250. The van der Waals surface area contributed by atoms with Gasteiger partial charge in [-0.2, -0.15) is 0 Å². The number of rotatable bonds is 4. The van der Waals surface area contributed by atoms with Gasteiger partial charge in [-0.05, 0) is 46.9 Å². The Morgan fingerprint density at radius 1 is 0.750 bits per heavy atom. The van der Waals surface area contributed by atoms with E-state index in [-0.39, 0.29) is 0 Å². The molecule has 24 heavy (non-hydrogen) atoms. The Morgan fingerprint density at radius 2 is 1.33 bits per heavy atom. The lowest BCUT2D eigenvalue weighted by molar-refractivity contribution is 0.537. The van der Waals surface area contributed by atoms with E-state index < -0.39 is 0 Å². The summed E-state index contributed by atoms with van der Waals surface area (Å²) in [4.78, 5) is 0. The molecule has 0 nitrogen and oxygen atoms in total. The van der Waals surface area contributed by atoms with E-state index >= 15 is 0 Å². The lowest BCUT2D eigenvalue weighted by Crippen LogP contribution is -2.02. The van der Waals surface area contributed by atoms with Crippen LogP contribution in [0.15, 0.2) is 84.9 Å². The first kappa shape index (κ1) is 15.2. The van der Waals surface area contributed by atoms with Gasteiger partial charge in [-0.3, -0.25) is 0 Å². The fourth-order valence-electron chi connectivity index (χ4n) is 4.31. The minimum atomic E-state index is 0.551. The molecule has 0 bridgehead atoms. The fourth-order valence-corrected chi connectivity index (χ4v) is 4.31. The molecule has 0 aromatic heterocycles. The van der Waals surface area contributed by atoms with Crippen LogP contribution in [0.4, 0.5) is 0 Å². The summed E-state index contributed by atoms with van der Waals surface area (Å²) < 4.78 is 0. The second-order valence-corrected chi connectivity index (χ2v) is 7.07. The van der Waals surface area contributed by atoms with Gasteiger partial charge in [0.2, 0.25) is 0 Å². The van der Waals surface area contributed by atoms with Gasteiger partial charge in [0.15, 0.2) is 0 Å². The Morgan fingerprint density at radius 3 is 2.04 bits per heavy atom. The summed E-state index contributed by atoms with van der Waals surface area (Å²) >= 11 is 0. The second kappa shape index (κ2) is 6.65. The Labute approximate surface area is 145 Å². The first-order chi connectivity index (χ1) is 11.8. The van der Waals surface area contributed by atoms with E-state index in [1.807, 2.05) is 0 Å². The zero-order valence-corrected chi connectivity index (χ0v) is 14.2. The molecule has 0 saturated heterocycles. The summed E-state index contributed by atoms with van der Waals surface area (Å²) in [5.74, 6) is 1.80. The second-order valence-electron chi connectivity index (χ2n) is 7.07. The summed E-state index contributed by atoms with van der Waals surface area (Å²) in [6.07, 6.45) is 2.46. The summed E-state index contributed by atoms with van der Waals surface area (Å²) in [7, 11) is 0. The lowest BCUT2D eigenvalue weighted by atomic mass is 9.86. The van der Waals surface area contributed by atoms with Gasteiger partial charge in [0.05, 0.1) is 0 Å². The Hall–Kier alpha value is -2.34. The van der Waals surface area contributed by atoms with Gasteiger partial charge in [-0.15, -0.1) is 0 Å². The normalized spacial score (nSPS) is 20.5. The number of hydrogen-bond donors (Lipinski definition) is 0. The summed E-state index contributed by atoms with van der Waals surface area (Å²) in [6.45, 7) is 2.37. The molecule has 0 spiro atoms. The molecule has 0 N–H and O–H groups in total. The summed E-state index contributed by atoms with van der Waals surface area (Å²) in [6, 6.07) is 31.0. The van der Waals surface area contributed by atoms with Gasteiger partial charge in [0.25, 0.3) is 0 Å². The standard InChI is InChI=1S/C24H24/c1-18(19-10-4-2-5-11-19)16-21-17-24(20-12-6-3-7-13-20)23-15-9-8-14-22(21)23/h2-15,18,21,24H,16-17H2,1H3/t18-,21-,24+/m1/s1. The van der Waals surface area contributed by atoms with Crippen molar-refractivity contribution in [2.45, 2.75) is 37.5 Å². The maximum atomic E-state index is 2.37. The molecule has 0 heteroatoms. The van der Waals surface area contributed by atoms with E-state index in [1.165, 1.54) is 29.5 Å². The smallest absolute Gasteiger partial charge is 0.00979 e. The maximum absolute atomic E-state index is 2.37. The van der Waals surface area contributed by atoms with Crippen LogP contribution in [0, 0.1) is 0 Å². The third-order valence-electron chi connectivity index (χ3n) is 5.54. The van der Waals surface area contributed by atoms with Crippen molar-refractivity contribution < 1.29 is 0 Å². The topological polar surface area (TPSA) is 0 Å². The quantitative estimate of drug-likeness (QED) is 0.516. The lowest BCUT2D eigenvalue weighted by Gasteiger charge is -2.18. The molecule has 0 radical (unpaired) electrons. The Balaban J connectivity index is 1.61. The molecule has 0 amide bonds. The van der Waals surface area contributed by atoms with Gasteiger partial charge in [-0.25, -0.2) is 0 Å². The Bertz CT molecular complexity index is 787. The van der Waals surface area contributed by atoms with Gasteiger partial charge in [0, 0.05) is 5.92 Å². The largest absolute Gasteiger partial charge is 0.0622 e. The first-order valence-electron chi connectivity index (χ1n) is 9.01. The number of benzene rings is 3. The van der Waals surface area contributed by atoms with Gasteiger partial charge in [0.1, 0.15) is 0 Å². The van der Waals surface area contributed by atoms with Crippen LogP contribution in [0.1, 0.15) is 59.8 Å². The van der Waals surface area contributed by atoms with Crippen molar-refractivity contribution >= 4 is 0 Å². The first-order valence-corrected chi connectivity index (χ1v) is 9.01. The predicted molar refractivity (Wildman–Crippen MR) is 102 cm³/mol. The van der Waals surface area contributed by atoms with Crippen molar-refractivity contribution in [1.29, 1.82) is 0 Å². The summed E-state index contributed by atoms with van der Waals surface area (Å²) in [5, 5.41) is 0. The van der Waals surface area contributed by atoms with Gasteiger partial charge >= 0.3 is 0 Å². The molecule has 3 aromatic carbocycles. The van der Waals surface area contributed by atoms with Crippen LogP contribution in [0.25, 0.3) is 0 Å². The van der Waals surface area contributed by atoms with Crippen LogP contribution in [-0.4, -0.2) is 0 Å². The molecule has 0 aliphatic heterocycles. The van der Waals surface area contributed by atoms with E-state index in [4.69, 9.17) is 0 Å². The average Bonchev–Trinajstić information content (AvgIpc) is 3.02. The van der Waals surface area contributed by atoms with Crippen LogP contribution in [0.2, 0.25) is 0 Å². The van der Waals surface area contributed by atoms with Crippen molar-refractivity contribution in [3.05, 3.63) is 107 Å². The third kappa shape index (κ3) is 2.89. The van der Waals surface area contributed by atoms with Crippen molar-refractivity contribution in [1.82, 2.24) is 0 Å². The Kier molecular flexibility index (Phi) is 4.21. The molecule has 0 heterocycles. The van der Waals surface area contributed by atoms with Crippen LogP contribution >= 0.6 is 0 Å². The molecule has 120 valence electrons. The van der Waals surface area contributed by atoms with Gasteiger partial charge < -0.3 is 0 Å². The molecular formula is C24H24. The highest BCUT2D eigenvalue weighted by atomic mass is 14.4. The predicted octanol–water partition coefficient (Wildman–Crippen LogP) is 6.50. The molecular weight excluding hydrogens is 288 g/mol. The minimum absolute atomic E-state index is 0.551. The monoisotopic (exact) mass is 312 g/mol. The molecule has 1 aliphatic rings. The highest BCUT2D eigenvalue weighted by Crippen LogP contribution is 2.48. The molecule has 3 atom stereocenters. The van der Waals surface area contributed by atoms with Crippen LogP contribution in [0.5, 0.6) is 0 Å². The van der Waals surface area contributed by atoms with E-state index in [9.17, 15) is 0 Å². The van der Waals surface area contributed by atoms with E-state index in [0.29, 0.717) is 17.8 Å². The van der Waals surface area contributed by atoms with Crippen LogP contribution in [0.3, 0.4) is 0 Å². The van der Waals surface area contributed by atoms with E-state index in [2.05, 4.69) is 91.9 Å². The average molecular weight is 312 g/mol. The zero-order chi connectivity index (χ0) is 16.4. The molecule has 0 saturated carbocycles.